The van der Waals surface area contributed by atoms with Crippen molar-refractivity contribution in [3.05, 3.63) is 76.5 Å². The van der Waals surface area contributed by atoms with Gasteiger partial charge in [-0.25, -0.2) is 0 Å². The molecule has 0 bridgehead atoms. The predicted molar refractivity (Wildman–Crippen MR) is 107 cm³/mol. The van der Waals surface area contributed by atoms with Crippen LogP contribution in [0.2, 0.25) is 0 Å². The second-order valence-corrected chi connectivity index (χ2v) is 6.93. The lowest BCUT2D eigenvalue weighted by atomic mass is 9.98. The summed E-state index contributed by atoms with van der Waals surface area (Å²) >= 11 is 0. The van der Waals surface area contributed by atoms with E-state index in [4.69, 9.17) is 0 Å². The topological polar surface area (TPSA) is 42.0 Å². The van der Waals surface area contributed by atoms with Crippen molar-refractivity contribution in [3.8, 4) is 0 Å². The van der Waals surface area contributed by atoms with Crippen LogP contribution in [-0.2, 0) is 11.2 Å². The smallest absolute Gasteiger partial charge is 0.224 e. The number of hydrogen-bond donors (Lipinski definition) is 1. The molecule has 0 saturated heterocycles. The molecule has 2 aromatic carbocycles. The molecule has 1 heterocycles. The fourth-order valence-electron chi connectivity index (χ4n) is 3.46. The van der Waals surface area contributed by atoms with Crippen LogP contribution in [0, 0.1) is 20.8 Å². The maximum absolute atomic E-state index is 12.7. The number of nitrogens with one attached hydrogen (secondary N) is 1. The molecule has 0 unspecified atom stereocenters. The second-order valence-electron chi connectivity index (χ2n) is 6.93. The SMILES string of the molecule is CC[C@@H](NC(=O)Cc1c(C)nc2ccccc2c1C)c1ccc(C)cc1. The van der Waals surface area contributed by atoms with Crippen LogP contribution >= 0.6 is 0 Å². The highest BCUT2D eigenvalue weighted by molar-refractivity contribution is 5.86. The molecule has 3 rings (SSSR count). The molecular weight excluding hydrogens is 320 g/mol. The fourth-order valence-corrected chi connectivity index (χ4v) is 3.46. The molecule has 3 aromatic rings. The molecule has 0 fully saturated rings. The molecule has 0 aliphatic heterocycles. The Morgan fingerprint density at radius 3 is 2.42 bits per heavy atom. The maximum atomic E-state index is 12.7. The summed E-state index contributed by atoms with van der Waals surface area (Å²) in [6, 6.07) is 16.5. The number of carbonyl (C=O) groups excluding carboxylic acids is 1. The molecule has 1 aromatic heterocycles. The lowest BCUT2D eigenvalue weighted by Gasteiger charge is -2.19. The van der Waals surface area contributed by atoms with Crippen LogP contribution in [0.25, 0.3) is 10.9 Å². The molecule has 26 heavy (non-hydrogen) atoms. The second kappa shape index (κ2) is 7.69. The predicted octanol–water partition coefficient (Wildman–Crippen LogP) is 4.97. The number of aryl methyl sites for hydroxylation is 3. The molecule has 0 radical (unpaired) electrons. The quantitative estimate of drug-likeness (QED) is 0.709. The third kappa shape index (κ3) is 3.77. The lowest BCUT2D eigenvalue weighted by molar-refractivity contribution is -0.121. The number of rotatable bonds is 5. The van der Waals surface area contributed by atoms with Crippen molar-refractivity contribution in [2.45, 2.75) is 46.6 Å². The van der Waals surface area contributed by atoms with Gasteiger partial charge in [0.25, 0.3) is 0 Å². The lowest BCUT2D eigenvalue weighted by Crippen LogP contribution is -2.30. The molecule has 0 aliphatic carbocycles. The zero-order chi connectivity index (χ0) is 18.7. The first-order valence-corrected chi connectivity index (χ1v) is 9.20. The van der Waals surface area contributed by atoms with Gasteiger partial charge in [-0.1, -0.05) is 55.0 Å². The van der Waals surface area contributed by atoms with Gasteiger partial charge in [-0.2, -0.15) is 0 Å². The van der Waals surface area contributed by atoms with Crippen LogP contribution in [0.4, 0.5) is 0 Å². The van der Waals surface area contributed by atoms with E-state index in [2.05, 4.69) is 61.4 Å². The zero-order valence-corrected chi connectivity index (χ0v) is 16.0. The Morgan fingerprint density at radius 1 is 1.04 bits per heavy atom. The number of aromatic nitrogens is 1. The molecule has 0 saturated carbocycles. The van der Waals surface area contributed by atoms with Crippen LogP contribution in [0.5, 0.6) is 0 Å². The summed E-state index contributed by atoms with van der Waals surface area (Å²) in [6.07, 6.45) is 1.22. The summed E-state index contributed by atoms with van der Waals surface area (Å²) in [5.41, 5.74) is 6.46. The first kappa shape index (κ1) is 18.1. The first-order chi connectivity index (χ1) is 12.5. The van der Waals surface area contributed by atoms with E-state index in [0.717, 1.165) is 39.7 Å². The highest BCUT2D eigenvalue weighted by Gasteiger charge is 2.16. The Morgan fingerprint density at radius 2 is 1.73 bits per heavy atom. The summed E-state index contributed by atoms with van der Waals surface area (Å²) in [7, 11) is 0. The average Bonchev–Trinajstić information content (AvgIpc) is 2.64. The molecule has 1 N–H and O–H groups in total. The van der Waals surface area contributed by atoms with Gasteiger partial charge in [-0.3, -0.25) is 9.78 Å². The van der Waals surface area contributed by atoms with Crippen molar-refractivity contribution >= 4 is 16.8 Å². The summed E-state index contributed by atoms with van der Waals surface area (Å²) < 4.78 is 0. The number of nitrogens with zero attached hydrogens (tertiary/aromatic N) is 1. The largest absolute Gasteiger partial charge is 0.349 e. The van der Waals surface area contributed by atoms with Crippen LogP contribution < -0.4 is 5.32 Å². The van der Waals surface area contributed by atoms with Gasteiger partial charge in [0.1, 0.15) is 0 Å². The molecule has 0 spiro atoms. The van der Waals surface area contributed by atoms with E-state index in [-0.39, 0.29) is 11.9 Å². The van der Waals surface area contributed by atoms with Crippen LogP contribution in [0.3, 0.4) is 0 Å². The van der Waals surface area contributed by atoms with Crippen molar-refractivity contribution in [3.63, 3.8) is 0 Å². The number of amides is 1. The number of carbonyl (C=O) groups is 1. The summed E-state index contributed by atoms with van der Waals surface area (Å²) in [6.45, 7) is 8.23. The Balaban J connectivity index is 1.81. The minimum absolute atomic E-state index is 0.0390. The summed E-state index contributed by atoms with van der Waals surface area (Å²) in [5.74, 6) is 0.0423. The highest BCUT2D eigenvalue weighted by atomic mass is 16.1. The van der Waals surface area contributed by atoms with Crippen LogP contribution in [0.15, 0.2) is 48.5 Å². The summed E-state index contributed by atoms with van der Waals surface area (Å²) in [5, 5.41) is 4.30. The van der Waals surface area contributed by atoms with E-state index >= 15 is 0 Å². The Kier molecular flexibility index (Phi) is 5.36. The number of pyridine rings is 1. The molecular formula is C23H26N2O. The molecule has 134 valence electrons. The van der Waals surface area contributed by atoms with Gasteiger partial charge in [0.15, 0.2) is 0 Å². The minimum Gasteiger partial charge on any atom is -0.349 e. The summed E-state index contributed by atoms with van der Waals surface area (Å²) in [4.78, 5) is 17.4. The van der Waals surface area contributed by atoms with Gasteiger partial charge in [-0.05, 0) is 49.9 Å². The van der Waals surface area contributed by atoms with E-state index in [1.807, 2.05) is 25.1 Å². The number of fused-ring (bicyclic) bond motifs is 1. The van der Waals surface area contributed by atoms with E-state index in [1.54, 1.807) is 0 Å². The fraction of sp³-hybridized carbons (Fsp3) is 0.304. The Bertz CT molecular complexity index is 929. The molecule has 1 amide bonds. The van der Waals surface area contributed by atoms with E-state index in [9.17, 15) is 4.79 Å². The van der Waals surface area contributed by atoms with Crippen LogP contribution in [0.1, 0.15) is 47.3 Å². The van der Waals surface area contributed by atoms with Gasteiger partial charge in [0, 0.05) is 11.1 Å². The van der Waals surface area contributed by atoms with Gasteiger partial charge in [-0.15, -0.1) is 0 Å². The normalized spacial score (nSPS) is 12.2. The number of para-hydroxylation sites is 1. The standard InChI is InChI=1S/C23H26N2O/c1-5-21(18-12-10-15(2)11-13-18)25-23(26)14-20-16(3)19-8-6-7-9-22(19)24-17(20)4/h6-13,21H,5,14H2,1-4H3,(H,25,26)/t21-/m1/s1. The average molecular weight is 346 g/mol. The van der Waals surface area contributed by atoms with E-state index < -0.39 is 0 Å². The minimum atomic E-state index is 0.0390. The van der Waals surface area contributed by atoms with Crippen molar-refractivity contribution in [2.24, 2.45) is 0 Å². The van der Waals surface area contributed by atoms with Crippen molar-refractivity contribution in [2.75, 3.05) is 0 Å². The van der Waals surface area contributed by atoms with E-state index in [0.29, 0.717) is 6.42 Å². The zero-order valence-electron chi connectivity index (χ0n) is 16.0. The van der Waals surface area contributed by atoms with Crippen LogP contribution in [-0.4, -0.2) is 10.9 Å². The maximum Gasteiger partial charge on any atom is 0.224 e. The van der Waals surface area contributed by atoms with Gasteiger partial charge < -0.3 is 5.32 Å². The Hall–Kier alpha value is -2.68. The molecule has 1 atom stereocenters. The van der Waals surface area contributed by atoms with Crippen molar-refractivity contribution < 1.29 is 4.79 Å². The number of hydrogen-bond acceptors (Lipinski definition) is 2. The third-order valence-electron chi connectivity index (χ3n) is 5.05. The van der Waals surface area contributed by atoms with Gasteiger partial charge >= 0.3 is 0 Å². The monoisotopic (exact) mass is 346 g/mol. The first-order valence-electron chi connectivity index (χ1n) is 9.20. The Labute approximate surface area is 155 Å². The third-order valence-corrected chi connectivity index (χ3v) is 5.05. The molecule has 3 nitrogen and oxygen atoms in total. The van der Waals surface area contributed by atoms with Crippen molar-refractivity contribution in [1.82, 2.24) is 10.3 Å². The molecule has 0 aliphatic rings. The van der Waals surface area contributed by atoms with Gasteiger partial charge in [0.2, 0.25) is 5.91 Å². The van der Waals surface area contributed by atoms with Gasteiger partial charge in [0.05, 0.1) is 18.0 Å². The molecule has 3 heteroatoms. The number of benzene rings is 2. The highest BCUT2D eigenvalue weighted by Crippen LogP contribution is 2.23. The van der Waals surface area contributed by atoms with Crippen molar-refractivity contribution in [1.29, 1.82) is 0 Å². The van der Waals surface area contributed by atoms with E-state index in [1.165, 1.54) is 5.56 Å².